The smallest absolute Gasteiger partial charge is 0.422 e. The minimum Gasteiger partial charge on any atom is -0.422 e. The van der Waals surface area contributed by atoms with Crippen molar-refractivity contribution in [3.63, 3.8) is 0 Å². The van der Waals surface area contributed by atoms with Gasteiger partial charge in [-0.1, -0.05) is 0 Å². The van der Waals surface area contributed by atoms with Gasteiger partial charge in [-0.05, 0) is 26.2 Å². The van der Waals surface area contributed by atoms with Gasteiger partial charge >= 0.3 is 12.4 Å². The molecule has 4 rings (SSSR count). The SMILES string of the molecule is CN(C)Cc1cc2c(C(F)(F)F)cc(C(F)(F)F)nc2n2cc(-c3nnco3)nc12. The monoisotopic (exact) mass is 430 g/mol. The van der Waals surface area contributed by atoms with E-state index in [1.54, 1.807) is 19.0 Å². The van der Waals surface area contributed by atoms with Crippen molar-refractivity contribution in [2.45, 2.75) is 18.9 Å². The van der Waals surface area contributed by atoms with E-state index >= 15 is 0 Å². The van der Waals surface area contributed by atoms with Gasteiger partial charge in [0.25, 0.3) is 5.89 Å². The summed E-state index contributed by atoms with van der Waals surface area (Å²) in [6, 6.07) is 1.18. The van der Waals surface area contributed by atoms with E-state index < -0.39 is 34.6 Å². The molecule has 4 heterocycles. The number of hydrogen-bond acceptors (Lipinski definition) is 6. The van der Waals surface area contributed by atoms with E-state index in [0.29, 0.717) is 5.56 Å². The van der Waals surface area contributed by atoms with Crippen LogP contribution in [0.4, 0.5) is 26.3 Å². The molecule has 4 aromatic rings. The number of pyridine rings is 2. The molecule has 13 heteroatoms. The Bertz CT molecular complexity index is 1230. The van der Waals surface area contributed by atoms with Crippen molar-refractivity contribution in [1.82, 2.24) is 29.5 Å². The lowest BCUT2D eigenvalue weighted by molar-refractivity contribution is -0.144. The van der Waals surface area contributed by atoms with Crippen LogP contribution >= 0.6 is 0 Å². The van der Waals surface area contributed by atoms with Gasteiger partial charge in [-0.3, -0.25) is 4.40 Å². The Morgan fingerprint density at radius 2 is 1.73 bits per heavy atom. The number of nitrogens with zero attached hydrogens (tertiary/aromatic N) is 6. The first-order valence-electron chi connectivity index (χ1n) is 8.36. The highest BCUT2D eigenvalue weighted by atomic mass is 19.4. The molecule has 0 saturated heterocycles. The summed E-state index contributed by atoms with van der Waals surface area (Å²) in [5, 5.41) is 6.71. The molecule has 0 spiro atoms. The van der Waals surface area contributed by atoms with Crippen molar-refractivity contribution in [2.75, 3.05) is 14.1 Å². The number of hydrogen-bond donors (Lipinski definition) is 0. The van der Waals surface area contributed by atoms with Crippen molar-refractivity contribution >= 4 is 16.7 Å². The Morgan fingerprint density at radius 3 is 2.30 bits per heavy atom. The number of aromatic nitrogens is 5. The third-order valence-electron chi connectivity index (χ3n) is 4.24. The second-order valence-electron chi connectivity index (χ2n) is 6.76. The summed E-state index contributed by atoms with van der Waals surface area (Å²) >= 11 is 0. The average molecular weight is 430 g/mol. The molecule has 0 aliphatic rings. The Kier molecular flexibility index (Phi) is 4.45. The Balaban J connectivity index is 2.14. The molecule has 0 saturated carbocycles. The average Bonchev–Trinajstić information content (AvgIpc) is 3.28. The van der Waals surface area contributed by atoms with E-state index in [4.69, 9.17) is 4.42 Å². The molecular formula is C17H12F6N6O. The maximum atomic E-state index is 13.6. The lowest BCUT2D eigenvalue weighted by atomic mass is 10.1. The molecule has 0 N–H and O–H groups in total. The highest BCUT2D eigenvalue weighted by Crippen LogP contribution is 2.39. The predicted molar refractivity (Wildman–Crippen MR) is 91.2 cm³/mol. The van der Waals surface area contributed by atoms with Crippen LogP contribution in [0.25, 0.3) is 28.3 Å². The lowest BCUT2D eigenvalue weighted by Gasteiger charge is -2.17. The first-order valence-corrected chi connectivity index (χ1v) is 8.36. The summed E-state index contributed by atoms with van der Waals surface area (Å²) in [6.07, 6.45) is -7.85. The molecule has 0 fully saturated rings. The van der Waals surface area contributed by atoms with Crippen LogP contribution in [0.15, 0.2) is 29.1 Å². The highest BCUT2D eigenvalue weighted by Gasteiger charge is 2.40. The Labute approximate surface area is 164 Å². The summed E-state index contributed by atoms with van der Waals surface area (Å²) in [5.74, 6) is -0.0364. The Morgan fingerprint density at radius 1 is 1.00 bits per heavy atom. The standard InChI is InChI=1S/C17H12F6N6O/c1-28(2)5-8-3-9-10(16(18,19)20)4-12(17(21,22)23)26-14(9)29-6-11(25-13(8)29)15-27-24-7-30-15/h3-4,6-7H,5H2,1-2H3. The van der Waals surface area contributed by atoms with Gasteiger partial charge in [-0.15, -0.1) is 10.2 Å². The van der Waals surface area contributed by atoms with Crippen LogP contribution < -0.4 is 0 Å². The number of imidazole rings is 1. The van der Waals surface area contributed by atoms with Crippen LogP contribution in [-0.4, -0.2) is 43.6 Å². The number of rotatable bonds is 3. The van der Waals surface area contributed by atoms with Crippen LogP contribution in [0.2, 0.25) is 0 Å². The minimum absolute atomic E-state index is 0.0173. The largest absolute Gasteiger partial charge is 0.433 e. The van der Waals surface area contributed by atoms with Crippen LogP contribution in [-0.2, 0) is 18.9 Å². The fraction of sp³-hybridized carbons (Fsp3) is 0.294. The molecule has 30 heavy (non-hydrogen) atoms. The van der Waals surface area contributed by atoms with Crippen LogP contribution in [0.3, 0.4) is 0 Å². The molecule has 0 atom stereocenters. The van der Waals surface area contributed by atoms with Crippen LogP contribution in [0.5, 0.6) is 0 Å². The highest BCUT2D eigenvalue weighted by molar-refractivity contribution is 5.85. The molecule has 0 aliphatic carbocycles. The quantitative estimate of drug-likeness (QED) is 0.457. The summed E-state index contributed by atoms with van der Waals surface area (Å²) in [7, 11) is 3.39. The van der Waals surface area contributed by atoms with E-state index in [0.717, 1.165) is 16.9 Å². The molecule has 4 aromatic heterocycles. The zero-order chi connectivity index (χ0) is 21.8. The fourth-order valence-electron chi connectivity index (χ4n) is 3.10. The first-order chi connectivity index (χ1) is 13.9. The van der Waals surface area contributed by atoms with Gasteiger partial charge in [0, 0.05) is 23.7 Å². The minimum atomic E-state index is -5.07. The van der Waals surface area contributed by atoms with E-state index in [9.17, 15) is 26.3 Å². The third-order valence-corrected chi connectivity index (χ3v) is 4.24. The normalized spacial score (nSPS) is 13.1. The summed E-state index contributed by atoms with van der Waals surface area (Å²) in [6.45, 7) is 0.179. The van der Waals surface area contributed by atoms with Crippen molar-refractivity contribution in [3.05, 3.63) is 41.5 Å². The van der Waals surface area contributed by atoms with Crippen LogP contribution in [0, 0.1) is 0 Å². The van der Waals surface area contributed by atoms with Gasteiger partial charge in [0.2, 0.25) is 6.39 Å². The van der Waals surface area contributed by atoms with Gasteiger partial charge in [0.15, 0.2) is 0 Å². The second kappa shape index (κ2) is 6.65. The van der Waals surface area contributed by atoms with Gasteiger partial charge in [-0.25, -0.2) is 9.97 Å². The van der Waals surface area contributed by atoms with Crippen molar-refractivity contribution in [2.24, 2.45) is 0 Å². The number of alkyl halides is 6. The zero-order valence-electron chi connectivity index (χ0n) is 15.4. The van der Waals surface area contributed by atoms with Gasteiger partial charge < -0.3 is 9.32 Å². The lowest BCUT2D eigenvalue weighted by Crippen LogP contribution is -2.16. The predicted octanol–water partition coefficient (Wildman–Crippen LogP) is 4.03. The third kappa shape index (κ3) is 3.44. The molecule has 158 valence electrons. The summed E-state index contributed by atoms with van der Waals surface area (Å²) < 4.78 is 86.9. The van der Waals surface area contributed by atoms with E-state index in [1.807, 2.05) is 0 Å². The van der Waals surface area contributed by atoms with E-state index in [-0.39, 0.29) is 29.8 Å². The first kappa shape index (κ1) is 20.1. The van der Waals surface area contributed by atoms with E-state index in [2.05, 4.69) is 20.2 Å². The van der Waals surface area contributed by atoms with Crippen molar-refractivity contribution in [3.8, 4) is 11.6 Å². The van der Waals surface area contributed by atoms with Crippen LogP contribution in [0.1, 0.15) is 16.8 Å². The number of halogens is 6. The fourth-order valence-corrected chi connectivity index (χ4v) is 3.10. The van der Waals surface area contributed by atoms with E-state index in [1.165, 1.54) is 6.20 Å². The summed E-state index contributed by atoms with van der Waals surface area (Å²) in [4.78, 5) is 9.45. The second-order valence-corrected chi connectivity index (χ2v) is 6.76. The van der Waals surface area contributed by atoms with Crippen molar-refractivity contribution in [1.29, 1.82) is 0 Å². The molecular weight excluding hydrogens is 418 g/mol. The molecule has 0 aliphatic heterocycles. The molecule has 0 aromatic carbocycles. The number of fused-ring (bicyclic) bond motifs is 3. The van der Waals surface area contributed by atoms with Gasteiger partial charge in [0.05, 0.1) is 5.56 Å². The molecule has 7 nitrogen and oxygen atoms in total. The van der Waals surface area contributed by atoms with Crippen molar-refractivity contribution < 1.29 is 30.8 Å². The molecule has 0 unspecified atom stereocenters. The maximum absolute atomic E-state index is 13.6. The molecule has 0 amide bonds. The summed E-state index contributed by atoms with van der Waals surface area (Å²) in [5.41, 5.74) is -3.05. The zero-order valence-corrected chi connectivity index (χ0v) is 15.4. The molecule has 0 bridgehead atoms. The topological polar surface area (TPSA) is 72.4 Å². The Hall–Kier alpha value is -3.22. The van der Waals surface area contributed by atoms with Gasteiger partial charge in [0.1, 0.15) is 22.7 Å². The molecule has 0 radical (unpaired) electrons. The van der Waals surface area contributed by atoms with Gasteiger partial charge in [-0.2, -0.15) is 26.3 Å². The maximum Gasteiger partial charge on any atom is 0.433 e.